The number of carbonyl (C=O) groups excluding carboxylic acids is 1. The van der Waals surface area contributed by atoms with Gasteiger partial charge >= 0.3 is 0 Å². The Kier molecular flexibility index (Phi) is 5.00. The lowest BCUT2D eigenvalue weighted by atomic mass is 10.2. The molecule has 4 nitrogen and oxygen atoms in total. The monoisotopic (exact) mass is 271 g/mol. The van der Waals surface area contributed by atoms with E-state index in [2.05, 4.69) is 5.32 Å². The van der Waals surface area contributed by atoms with Gasteiger partial charge in [0.15, 0.2) is 0 Å². The molecule has 0 radical (unpaired) electrons. The summed E-state index contributed by atoms with van der Waals surface area (Å²) in [4.78, 5) is 12.0. The standard InChI is InChI=1S/C16H17NO3/c1-19-15-10-6-5-9-14(15)16(18)17-11-12-20-13-7-3-2-4-8-13/h2-10H,11-12H2,1H3,(H,17,18). The number of rotatable bonds is 6. The van der Waals surface area contributed by atoms with Crippen molar-refractivity contribution in [3.8, 4) is 11.5 Å². The molecular weight excluding hydrogens is 254 g/mol. The third-order valence-corrected chi connectivity index (χ3v) is 2.75. The van der Waals surface area contributed by atoms with Crippen LogP contribution in [0.2, 0.25) is 0 Å². The van der Waals surface area contributed by atoms with Gasteiger partial charge in [0.1, 0.15) is 18.1 Å². The molecule has 0 heterocycles. The number of benzene rings is 2. The first-order chi connectivity index (χ1) is 9.81. The Morgan fingerprint density at radius 3 is 2.50 bits per heavy atom. The Morgan fingerprint density at radius 1 is 1.05 bits per heavy atom. The molecule has 0 unspecified atom stereocenters. The van der Waals surface area contributed by atoms with Crippen LogP contribution in [0.4, 0.5) is 0 Å². The maximum Gasteiger partial charge on any atom is 0.255 e. The van der Waals surface area contributed by atoms with Crippen LogP contribution in [0, 0.1) is 0 Å². The highest BCUT2D eigenvalue weighted by Gasteiger charge is 2.10. The van der Waals surface area contributed by atoms with Gasteiger partial charge in [-0.3, -0.25) is 4.79 Å². The fraction of sp³-hybridized carbons (Fsp3) is 0.188. The molecule has 0 atom stereocenters. The van der Waals surface area contributed by atoms with Crippen LogP contribution < -0.4 is 14.8 Å². The number of hydrogen-bond donors (Lipinski definition) is 1. The molecule has 0 saturated carbocycles. The molecule has 0 aliphatic heterocycles. The van der Waals surface area contributed by atoms with Crippen molar-refractivity contribution in [1.82, 2.24) is 5.32 Å². The van der Waals surface area contributed by atoms with Crippen molar-refractivity contribution in [2.24, 2.45) is 0 Å². The lowest BCUT2D eigenvalue weighted by Gasteiger charge is -2.10. The Labute approximate surface area is 118 Å². The zero-order valence-corrected chi connectivity index (χ0v) is 11.3. The van der Waals surface area contributed by atoms with Gasteiger partial charge in [-0.15, -0.1) is 0 Å². The minimum Gasteiger partial charge on any atom is -0.496 e. The molecule has 2 aromatic rings. The summed E-state index contributed by atoms with van der Waals surface area (Å²) < 4.78 is 10.7. The molecule has 0 aromatic heterocycles. The number of ether oxygens (including phenoxy) is 2. The van der Waals surface area contributed by atoms with Gasteiger partial charge in [-0.2, -0.15) is 0 Å². The number of para-hydroxylation sites is 2. The lowest BCUT2D eigenvalue weighted by molar-refractivity contribution is 0.0944. The summed E-state index contributed by atoms with van der Waals surface area (Å²) in [6.45, 7) is 0.858. The van der Waals surface area contributed by atoms with Gasteiger partial charge in [0.05, 0.1) is 19.2 Å². The third kappa shape index (κ3) is 3.75. The summed E-state index contributed by atoms with van der Waals surface area (Å²) in [7, 11) is 1.55. The van der Waals surface area contributed by atoms with E-state index in [9.17, 15) is 4.79 Å². The number of nitrogens with one attached hydrogen (secondary N) is 1. The second-order valence-corrected chi connectivity index (χ2v) is 4.12. The first-order valence-corrected chi connectivity index (χ1v) is 6.40. The Hall–Kier alpha value is -2.49. The fourth-order valence-electron chi connectivity index (χ4n) is 1.78. The predicted molar refractivity (Wildman–Crippen MR) is 77.3 cm³/mol. The lowest BCUT2D eigenvalue weighted by Crippen LogP contribution is -2.28. The highest BCUT2D eigenvalue weighted by atomic mass is 16.5. The molecule has 20 heavy (non-hydrogen) atoms. The van der Waals surface area contributed by atoms with Crippen LogP contribution >= 0.6 is 0 Å². The smallest absolute Gasteiger partial charge is 0.255 e. The van der Waals surface area contributed by atoms with Gasteiger partial charge in [-0.05, 0) is 24.3 Å². The van der Waals surface area contributed by atoms with E-state index in [0.717, 1.165) is 5.75 Å². The molecule has 104 valence electrons. The SMILES string of the molecule is COc1ccccc1C(=O)NCCOc1ccccc1. The van der Waals surface area contributed by atoms with E-state index in [0.29, 0.717) is 24.5 Å². The third-order valence-electron chi connectivity index (χ3n) is 2.75. The van der Waals surface area contributed by atoms with Crippen LogP contribution in [-0.2, 0) is 0 Å². The normalized spacial score (nSPS) is 9.85. The quantitative estimate of drug-likeness (QED) is 0.821. The summed E-state index contributed by atoms with van der Waals surface area (Å²) in [5.41, 5.74) is 0.523. The molecule has 0 spiro atoms. The molecule has 0 bridgehead atoms. The van der Waals surface area contributed by atoms with Crippen molar-refractivity contribution in [3.05, 3.63) is 60.2 Å². The van der Waals surface area contributed by atoms with E-state index < -0.39 is 0 Å². The highest BCUT2D eigenvalue weighted by molar-refractivity contribution is 5.96. The van der Waals surface area contributed by atoms with Crippen molar-refractivity contribution in [1.29, 1.82) is 0 Å². The van der Waals surface area contributed by atoms with E-state index in [1.54, 1.807) is 25.3 Å². The zero-order chi connectivity index (χ0) is 14.2. The van der Waals surface area contributed by atoms with Crippen LogP contribution in [0.5, 0.6) is 11.5 Å². The van der Waals surface area contributed by atoms with Gasteiger partial charge < -0.3 is 14.8 Å². The van der Waals surface area contributed by atoms with Crippen molar-refractivity contribution in [2.45, 2.75) is 0 Å². The summed E-state index contributed by atoms with van der Waals surface area (Å²) in [6.07, 6.45) is 0. The van der Waals surface area contributed by atoms with Crippen LogP contribution in [0.1, 0.15) is 10.4 Å². The molecule has 0 fully saturated rings. The van der Waals surface area contributed by atoms with Gasteiger partial charge in [-0.25, -0.2) is 0 Å². The first-order valence-electron chi connectivity index (χ1n) is 6.40. The van der Waals surface area contributed by atoms with Gasteiger partial charge in [0.2, 0.25) is 0 Å². The zero-order valence-electron chi connectivity index (χ0n) is 11.3. The number of methoxy groups -OCH3 is 1. The van der Waals surface area contributed by atoms with E-state index in [4.69, 9.17) is 9.47 Å². The molecule has 1 amide bonds. The van der Waals surface area contributed by atoms with E-state index >= 15 is 0 Å². The van der Waals surface area contributed by atoms with Crippen molar-refractivity contribution in [3.63, 3.8) is 0 Å². The Bertz CT molecular complexity index is 555. The van der Waals surface area contributed by atoms with Gasteiger partial charge in [0.25, 0.3) is 5.91 Å². The second-order valence-electron chi connectivity index (χ2n) is 4.12. The molecule has 1 N–H and O–H groups in total. The number of hydrogen-bond acceptors (Lipinski definition) is 3. The topological polar surface area (TPSA) is 47.6 Å². The van der Waals surface area contributed by atoms with Crippen molar-refractivity contribution >= 4 is 5.91 Å². The van der Waals surface area contributed by atoms with Gasteiger partial charge in [0, 0.05) is 0 Å². The summed E-state index contributed by atoms with van der Waals surface area (Å²) >= 11 is 0. The van der Waals surface area contributed by atoms with Crippen molar-refractivity contribution in [2.75, 3.05) is 20.3 Å². The average Bonchev–Trinajstić information content (AvgIpc) is 2.52. The highest BCUT2D eigenvalue weighted by Crippen LogP contribution is 2.16. The molecule has 0 saturated heterocycles. The van der Waals surface area contributed by atoms with Crippen LogP contribution in [0.25, 0.3) is 0 Å². The van der Waals surface area contributed by atoms with Gasteiger partial charge in [-0.1, -0.05) is 30.3 Å². The van der Waals surface area contributed by atoms with Crippen LogP contribution in [0.3, 0.4) is 0 Å². The largest absolute Gasteiger partial charge is 0.496 e. The van der Waals surface area contributed by atoms with Crippen molar-refractivity contribution < 1.29 is 14.3 Å². The number of amides is 1. The predicted octanol–water partition coefficient (Wildman–Crippen LogP) is 2.50. The Morgan fingerprint density at radius 2 is 1.75 bits per heavy atom. The maximum absolute atomic E-state index is 12.0. The molecule has 0 aliphatic rings. The minimum atomic E-state index is -0.167. The first kappa shape index (κ1) is 13.9. The molecule has 2 rings (SSSR count). The van der Waals surface area contributed by atoms with E-state index in [1.165, 1.54) is 0 Å². The second kappa shape index (κ2) is 7.19. The van der Waals surface area contributed by atoms with E-state index in [-0.39, 0.29) is 5.91 Å². The molecule has 4 heteroatoms. The Balaban J connectivity index is 1.81. The average molecular weight is 271 g/mol. The number of carbonyl (C=O) groups is 1. The molecule has 2 aromatic carbocycles. The molecular formula is C16H17NO3. The van der Waals surface area contributed by atoms with Crippen LogP contribution in [0.15, 0.2) is 54.6 Å². The summed E-state index contributed by atoms with van der Waals surface area (Å²) in [5.74, 6) is 1.19. The minimum absolute atomic E-state index is 0.167. The summed E-state index contributed by atoms with van der Waals surface area (Å²) in [5, 5.41) is 2.80. The van der Waals surface area contributed by atoms with E-state index in [1.807, 2.05) is 36.4 Å². The maximum atomic E-state index is 12.0. The fourth-order valence-corrected chi connectivity index (χ4v) is 1.78. The molecule has 0 aliphatic carbocycles. The summed E-state index contributed by atoms with van der Waals surface area (Å²) in [6, 6.07) is 16.6. The van der Waals surface area contributed by atoms with Crippen LogP contribution in [-0.4, -0.2) is 26.2 Å².